The zero-order valence-corrected chi connectivity index (χ0v) is 32.6. The fraction of sp³-hybridized carbons (Fsp3) is 0.250. The Morgan fingerprint density at radius 2 is 0.655 bits per heavy atom. The predicted molar refractivity (Wildman–Crippen MR) is 223 cm³/mol. The van der Waals surface area contributed by atoms with Gasteiger partial charge in [0.1, 0.15) is 60.6 Å². The van der Waals surface area contributed by atoms with Crippen LogP contribution in [0.15, 0.2) is 133 Å². The topological polar surface area (TPSA) is 102 Å². The first-order chi connectivity index (χ1) is 28.4. The summed E-state index contributed by atoms with van der Waals surface area (Å²) in [6, 6.07) is 42.6. The van der Waals surface area contributed by atoms with E-state index in [4.69, 9.17) is 28.4 Å². The van der Waals surface area contributed by atoms with E-state index in [0.29, 0.717) is 98.1 Å². The molecule has 3 aliphatic heterocycles. The third-order valence-electron chi connectivity index (χ3n) is 11.2. The van der Waals surface area contributed by atoms with Gasteiger partial charge in [-0.25, -0.2) is 0 Å². The van der Waals surface area contributed by atoms with Crippen LogP contribution in [0.4, 0.5) is 22.7 Å². The second-order valence-electron chi connectivity index (χ2n) is 14.6. The maximum absolute atomic E-state index is 12.8. The summed E-state index contributed by atoms with van der Waals surface area (Å²) in [6.07, 6.45) is 0. The van der Waals surface area contributed by atoms with Crippen LogP contribution >= 0.6 is 0 Å². The third kappa shape index (κ3) is 6.67. The number of anilines is 4. The molecule has 2 N–H and O–H groups in total. The molecule has 58 heavy (non-hydrogen) atoms. The lowest BCUT2D eigenvalue weighted by Gasteiger charge is -2.41. The first kappa shape index (κ1) is 37.5. The summed E-state index contributed by atoms with van der Waals surface area (Å²) in [5, 5.41) is 25.7. The minimum Gasteiger partial charge on any atom is -0.491 e. The number of rotatable bonds is 2. The highest BCUT2D eigenvalue weighted by atomic mass is 16.6. The molecule has 296 valence electrons. The van der Waals surface area contributed by atoms with Crippen LogP contribution in [0.25, 0.3) is 0 Å². The number of benzene rings is 6. The van der Waals surface area contributed by atoms with Gasteiger partial charge in [-0.3, -0.25) is 0 Å². The van der Waals surface area contributed by atoms with Crippen molar-refractivity contribution in [2.75, 3.05) is 76.8 Å². The number of fused-ring (bicyclic) bond motifs is 4. The molecule has 0 amide bonds. The third-order valence-corrected chi connectivity index (χ3v) is 11.2. The van der Waals surface area contributed by atoms with Gasteiger partial charge in [-0.2, -0.15) is 0 Å². The number of ether oxygens (including phenoxy) is 6. The van der Waals surface area contributed by atoms with E-state index < -0.39 is 11.2 Å². The van der Waals surface area contributed by atoms with Crippen molar-refractivity contribution >= 4 is 22.7 Å². The molecule has 3 heterocycles. The molecule has 6 aromatic rings. The van der Waals surface area contributed by atoms with Crippen molar-refractivity contribution in [2.45, 2.75) is 11.2 Å². The number of nitrogens with zero attached hydrogens (tertiary/aromatic N) is 2. The van der Waals surface area contributed by atoms with E-state index in [1.165, 1.54) is 0 Å². The minimum atomic E-state index is -1.48. The second-order valence-corrected chi connectivity index (χ2v) is 14.6. The Balaban J connectivity index is 1.01. The SMILES string of the molecule is CN1c2ccc3cc2C(O)(c2ccccc2)c2cc(ccc21)OCCOCCOc1ccc2c(c1)C(O)(c1ccccc1)c1cc(ccc1N2C)OCCOCCO3. The Bertz CT molecular complexity index is 2120. The summed E-state index contributed by atoms with van der Waals surface area (Å²) in [7, 11) is 3.99. The molecule has 0 saturated heterocycles. The van der Waals surface area contributed by atoms with Crippen LogP contribution in [0, 0.1) is 0 Å². The number of hydrogen-bond acceptors (Lipinski definition) is 10. The van der Waals surface area contributed by atoms with Gasteiger partial charge in [0, 0.05) is 59.1 Å². The summed E-state index contributed by atoms with van der Waals surface area (Å²) >= 11 is 0. The van der Waals surface area contributed by atoms with Crippen LogP contribution in [0.1, 0.15) is 33.4 Å². The summed E-state index contributed by atoms with van der Waals surface area (Å²) in [5.41, 5.74) is 4.77. The average molecular weight is 779 g/mol. The van der Waals surface area contributed by atoms with Gasteiger partial charge in [-0.15, -0.1) is 0 Å². The lowest BCUT2D eigenvalue weighted by Crippen LogP contribution is -2.36. The van der Waals surface area contributed by atoms with Crippen molar-refractivity contribution in [1.82, 2.24) is 0 Å². The molecule has 0 atom stereocenters. The Kier molecular flexibility index (Phi) is 10.2. The zero-order valence-electron chi connectivity index (χ0n) is 32.6. The van der Waals surface area contributed by atoms with Gasteiger partial charge in [0.2, 0.25) is 0 Å². The molecule has 6 aromatic carbocycles. The molecule has 0 aliphatic carbocycles. The standard InChI is InChI=1S/C48H46N2O8/c1-49-43-17-13-35-29-39(43)47(51,33-9-5-3-6-10-33)40-30-36(14-18-44(40)49)56-26-22-54-24-28-58-38-16-20-46-42(32-38)48(52,34-11-7-4-8-12-34)41-31-37(15-19-45(41)50(46)2)57-27-23-53-21-25-55-35/h3-20,29-32,51-52H,21-28H2,1-2H3. The highest BCUT2D eigenvalue weighted by Gasteiger charge is 2.44. The fourth-order valence-electron chi connectivity index (χ4n) is 8.36. The molecule has 0 unspecified atom stereocenters. The second kappa shape index (κ2) is 15.7. The van der Waals surface area contributed by atoms with E-state index in [2.05, 4.69) is 9.80 Å². The number of aliphatic hydroxyl groups is 2. The molecule has 10 nitrogen and oxygen atoms in total. The van der Waals surface area contributed by atoms with Crippen molar-refractivity contribution in [2.24, 2.45) is 0 Å². The lowest BCUT2D eigenvalue weighted by atomic mass is 9.76. The summed E-state index contributed by atoms with van der Waals surface area (Å²) in [4.78, 5) is 4.16. The van der Waals surface area contributed by atoms with Crippen LogP contribution in [0.5, 0.6) is 23.0 Å². The van der Waals surface area contributed by atoms with Gasteiger partial charge in [0.15, 0.2) is 0 Å². The molecular weight excluding hydrogens is 733 g/mol. The Morgan fingerprint density at radius 1 is 0.379 bits per heavy atom. The normalized spacial score (nSPS) is 20.7. The smallest absolute Gasteiger partial charge is 0.144 e. The van der Waals surface area contributed by atoms with Crippen molar-refractivity contribution in [3.05, 3.63) is 167 Å². The molecule has 9 rings (SSSR count). The van der Waals surface area contributed by atoms with Gasteiger partial charge in [0.25, 0.3) is 0 Å². The van der Waals surface area contributed by atoms with Crippen molar-refractivity contribution in [3.63, 3.8) is 0 Å². The highest BCUT2D eigenvalue weighted by molar-refractivity contribution is 5.81. The van der Waals surface area contributed by atoms with Crippen molar-refractivity contribution in [1.29, 1.82) is 0 Å². The summed E-state index contributed by atoms with van der Waals surface area (Å²) in [6.45, 7) is 2.54. The fourth-order valence-corrected chi connectivity index (χ4v) is 8.36. The van der Waals surface area contributed by atoms with Crippen LogP contribution in [0.2, 0.25) is 0 Å². The molecule has 0 aromatic heterocycles. The quantitative estimate of drug-likeness (QED) is 0.182. The van der Waals surface area contributed by atoms with Crippen LogP contribution < -0.4 is 28.7 Å². The molecule has 8 bridgehead atoms. The highest BCUT2D eigenvalue weighted by Crippen LogP contribution is 2.53. The van der Waals surface area contributed by atoms with E-state index in [1.807, 2.05) is 148 Å². The Morgan fingerprint density at radius 3 is 0.931 bits per heavy atom. The molecular formula is C48H46N2O8. The predicted octanol–water partition coefficient (Wildman–Crippen LogP) is 7.68. The maximum atomic E-state index is 12.8. The Hall–Kier alpha value is -6.04. The molecule has 3 aliphatic rings. The van der Waals surface area contributed by atoms with E-state index in [9.17, 15) is 10.2 Å². The summed E-state index contributed by atoms with van der Waals surface area (Å²) in [5.74, 6) is 2.46. The van der Waals surface area contributed by atoms with E-state index in [-0.39, 0.29) is 0 Å². The van der Waals surface area contributed by atoms with Crippen molar-refractivity contribution < 1.29 is 38.6 Å². The zero-order chi connectivity index (χ0) is 39.7. The first-order valence-corrected chi connectivity index (χ1v) is 19.6. The van der Waals surface area contributed by atoms with E-state index >= 15 is 0 Å². The largest absolute Gasteiger partial charge is 0.491 e. The van der Waals surface area contributed by atoms with Gasteiger partial charge in [-0.1, -0.05) is 60.7 Å². The average Bonchev–Trinajstić information content (AvgIpc) is 3.27. The van der Waals surface area contributed by atoms with E-state index in [1.54, 1.807) is 0 Å². The monoisotopic (exact) mass is 778 g/mol. The molecule has 10 heteroatoms. The minimum absolute atomic E-state index is 0.301. The van der Waals surface area contributed by atoms with Crippen molar-refractivity contribution in [3.8, 4) is 23.0 Å². The first-order valence-electron chi connectivity index (χ1n) is 19.6. The van der Waals surface area contributed by atoms with Gasteiger partial charge >= 0.3 is 0 Å². The summed E-state index contributed by atoms with van der Waals surface area (Å²) < 4.78 is 36.6. The molecule has 0 radical (unpaired) electrons. The van der Waals surface area contributed by atoms with Crippen LogP contribution in [-0.2, 0) is 20.7 Å². The Labute approximate surface area is 338 Å². The molecule has 0 fully saturated rings. The number of hydrogen-bond donors (Lipinski definition) is 2. The molecule has 0 spiro atoms. The lowest BCUT2D eigenvalue weighted by molar-refractivity contribution is 0.0754. The maximum Gasteiger partial charge on any atom is 0.144 e. The van der Waals surface area contributed by atoms with E-state index in [0.717, 1.165) is 33.9 Å². The van der Waals surface area contributed by atoms with Gasteiger partial charge < -0.3 is 48.4 Å². The van der Waals surface area contributed by atoms with Gasteiger partial charge in [-0.05, 0) is 83.9 Å². The molecule has 0 saturated carbocycles. The van der Waals surface area contributed by atoms with Crippen LogP contribution in [-0.4, -0.2) is 77.2 Å². The van der Waals surface area contributed by atoms with Crippen LogP contribution in [0.3, 0.4) is 0 Å². The van der Waals surface area contributed by atoms with Gasteiger partial charge in [0.05, 0.1) is 26.4 Å².